The first kappa shape index (κ1) is 14.2. The van der Waals surface area contributed by atoms with Crippen LogP contribution in [0.5, 0.6) is 0 Å². The fourth-order valence-corrected chi connectivity index (χ4v) is 2.42. The topological polar surface area (TPSA) is 26.0 Å². The van der Waals surface area contributed by atoms with Crippen molar-refractivity contribution in [2.75, 3.05) is 0 Å². The Bertz CT molecular complexity index is 812. The van der Waals surface area contributed by atoms with Crippen molar-refractivity contribution in [2.45, 2.75) is 33.1 Å². The van der Waals surface area contributed by atoms with Crippen molar-refractivity contribution in [3.63, 3.8) is 0 Å². The largest absolute Gasteiger partial charge is 0.436 e. The van der Waals surface area contributed by atoms with E-state index in [0.29, 0.717) is 5.89 Å². The maximum absolute atomic E-state index is 6.18. The molecule has 0 radical (unpaired) electrons. The maximum Gasteiger partial charge on any atom is 0.227 e. The van der Waals surface area contributed by atoms with Gasteiger partial charge in [-0.05, 0) is 47.7 Å². The monoisotopic (exact) mass is 299 g/mol. The molecule has 2 nitrogen and oxygen atoms in total. The average Bonchev–Trinajstić information content (AvgIpc) is 2.83. The van der Waals surface area contributed by atoms with Crippen LogP contribution < -0.4 is 0 Å². The van der Waals surface area contributed by atoms with E-state index in [9.17, 15) is 0 Å². The second-order valence-electron chi connectivity index (χ2n) is 6.42. The standard InChI is InChI=1S/C18H18ClNO/c1-11-5-6-12(9-14(11)19)17-20-15-10-13(18(2,3)4)7-8-16(15)21-17/h5-10H,1-4H3. The molecular formula is C18H18ClNO. The Balaban J connectivity index is 2.10. The number of hydrogen-bond acceptors (Lipinski definition) is 2. The summed E-state index contributed by atoms with van der Waals surface area (Å²) in [4.78, 5) is 4.60. The van der Waals surface area contributed by atoms with Crippen LogP contribution in [0.15, 0.2) is 40.8 Å². The molecular weight excluding hydrogens is 282 g/mol. The molecule has 3 heteroatoms. The third kappa shape index (κ3) is 2.68. The molecule has 0 amide bonds. The summed E-state index contributed by atoms with van der Waals surface area (Å²) in [7, 11) is 0. The Kier molecular flexibility index (Phi) is 3.29. The van der Waals surface area contributed by atoms with Gasteiger partial charge >= 0.3 is 0 Å². The van der Waals surface area contributed by atoms with Gasteiger partial charge in [-0.1, -0.05) is 44.5 Å². The van der Waals surface area contributed by atoms with Crippen LogP contribution in [0.2, 0.25) is 5.02 Å². The number of halogens is 1. The lowest BCUT2D eigenvalue weighted by atomic mass is 9.87. The van der Waals surface area contributed by atoms with Gasteiger partial charge in [0.05, 0.1) is 0 Å². The number of hydrogen-bond donors (Lipinski definition) is 0. The quantitative estimate of drug-likeness (QED) is 0.571. The van der Waals surface area contributed by atoms with E-state index < -0.39 is 0 Å². The van der Waals surface area contributed by atoms with Crippen LogP contribution in [0.4, 0.5) is 0 Å². The summed E-state index contributed by atoms with van der Waals surface area (Å²) < 4.78 is 5.85. The van der Waals surface area contributed by atoms with E-state index in [1.807, 2.05) is 31.2 Å². The Morgan fingerprint density at radius 3 is 2.48 bits per heavy atom. The molecule has 0 atom stereocenters. The third-order valence-electron chi connectivity index (χ3n) is 3.67. The number of aryl methyl sites for hydroxylation is 1. The Hall–Kier alpha value is -1.80. The van der Waals surface area contributed by atoms with Gasteiger partial charge in [0.15, 0.2) is 5.58 Å². The first-order valence-corrected chi connectivity index (χ1v) is 7.40. The van der Waals surface area contributed by atoms with Gasteiger partial charge in [-0.2, -0.15) is 0 Å². The van der Waals surface area contributed by atoms with Gasteiger partial charge in [0.2, 0.25) is 5.89 Å². The fourth-order valence-electron chi connectivity index (χ4n) is 2.24. The van der Waals surface area contributed by atoms with Gasteiger partial charge < -0.3 is 4.42 Å². The van der Waals surface area contributed by atoms with Crippen LogP contribution in [-0.4, -0.2) is 4.98 Å². The minimum atomic E-state index is 0.0977. The van der Waals surface area contributed by atoms with Crippen molar-refractivity contribution in [1.82, 2.24) is 4.98 Å². The van der Waals surface area contributed by atoms with E-state index in [0.717, 1.165) is 27.2 Å². The van der Waals surface area contributed by atoms with Crippen LogP contribution >= 0.6 is 11.6 Å². The SMILES string of the molecule is Cc1ccc(-c2nc3cc(C(C)(C)C)ccc3o2)cc1Cl. The number of rotatable bonds is 1. The van der Waals surface area contributed by atoms with Crippen LogP contribution in [0.1, 0.15) is 31.9 Å². The first-order valence-electron chi connectivity index (χ1n) is 7.02. The van der Waals surface area contributed by atoms with Gasteiger partial charge in [0.25, 0.3) is 0 Å². The summed E-state index contributed by atoms with van der Waals surface area (Å²) >= 11 is 6.18. The van der Waals surface area contributed by atoms with Crippen molar-refractivity contribution >= 4 is 22.7 Å². The Morgan fingerprint density at radius 2 is 1.81 bits per heavy atom. The van der Waals surface area contributed by atoms with E-state index in [1.54, 1.807) is 0 Å². The highest BCUT2D eigenvalue weighted by atomic mass is 35.5. The summed E-state index contributed by atoms with van der Waals surface area (Å²) in [6.07, 6.45) is 0. The molecule has 0 N–H and O–H groups in total. The first-order chi connectivity index (χ1) is 9.84. The molecule has 2 aromatic carbocycles. The molecule has 0 fully saturated rings. The number of nitrogens with zero attached hydrogens (tertiary/aromatic N) is 1. The lowest BCUT2D eigenvalue weighted by molar-refractivity contribution is 0.590. The summed E-state index contributed by atoms with van der Waals surface area (Å²) in [5.74, 6) is 0.609. The highest BCUT2D eigenvalue weighted by molar-refractivity contribution is 6.31. The molecule has 1 aromatic heterocycles. The summed E-state index contributed by atoms with van der Waals surface area (Å²) in [6, 6.07) is 12.0. The van der Waals surface area contributed by atoms with Gasteiger partial charge in [-0.25, -0.2) is 4.98 Å². The molecule has 3 rings (SSSR count). The lowest BCUT2D eigenvalue weighted by Gasteiger charge is -2.18. The van der Waals surface area contributed by atoms with Gasteiger partial charge in [-0.3, -0.25) is 0 Å². The van der Waals surface area contributed by atoms with E-state index in [-0.39, 0.29) is 5.41 Å². The molecule has 108 valence electrons. The predicted molar refractivity (Wildman–Crippen MR) is 87.9 cm³/mol. The minimum Gasteiger partial charge on any atom is -0.436 e. The van der Waals surface area contributed by atoms with Crippen molar-refractivity contribution in [3.8, 4) is 11.5 Å². The third-order valence-corrected chi connectivity index (χ3v) is 4.08. The average molecular weight is 300 g/mol. The normalized spacial score (nSPS) is 12.0. The van der Waals surface area contributed by atoms with E-state index in [2.05, 4.69) is 37.9 Å². The summed E-state index contributed by atoms with van der Waals surface area (Å²) in [5.41, 5.74) is 4.98. The Morgan fingerprint density at radius 1 is 1.05 bits per heavy atom. The van der Waals surface area contributed by atoms with Gasteiger partial charge in [0, 0.05) is 10.6 Å². The van der Waals surface area contributed by atoms with Crippen LogP contribution in [-0.2, 0) is 5.41 Å². The number of fused-ring (bicyclic) bond motifs is 1. The lowest BCUT2D eigenvalue weighted by Crippen LogP contribution is -2.10. The molecule has 0 spiro atoms. The number of aromatic nitrogens is 1. The molecule has 0 unspecified atom stereocenters. The van der Waals surface area contributed by atoms with Crippen molar-refractivity contribution in [3.05, 3.63) is 52.5 Å². The van der Waals surface area contributed by atoms with Crippen LogP contribution in [0, 0.1) is 6.92 Å². The van der Waals surface area contributed by atoms with E-state index >= 15 is 0 Å². The van der Waals surface area contributed by atoms with Crippen molar-refractivity contribution in [1.29, 1.82) is 0 Å². The maximum atomic E-state index is 6.18. The Labute approximate surface area is 129 Å². The molecule has 3 aromatic rings. The zero-order chi connectivity index (χ0) is 15.2. The molecule has 0 saturated heterocycles. The predicted octanol–water partition coefficient (Wildman–Crippen LogP) is 5.75. The molecule has 0 aliphatic rings. The summed E-state index contributed by atoms with van der Waals surface area (Å²) in [5, 5.41) is 0.727. The van der Waals surface area contributed by atoms with Crippen molar-refractivity contribution < 1.29 is 4.42 Å². The van der Waals surface area contributed by atoms with Crippen LogP contribution in [0.25, 0.3) is 22.6 Å². The number of benzene rings is 2. The molecule has 0 aliphatic carbocycles. The molecule has 21 heavy (non-hydrogen) atoms. The molecule has 0 saturated carbocycles. The van der Waals surface area contributed by atoms with Crippen molar-refractivity contribution in [2.24, 2.45) is 0 Å². The molecule has 0 bridgehead atoms. The number of oxazole rings is 1. The molecule has 0 aliphatic heterocycles. The second kappa shape index (κ2) is 4.88. The minimum absolute atomic E-state index is 0.0977. The van der Waals surface area contributed by atoms with E-state index in [1.165, 1.54) is 5.56 Å². The molecule has 1 heterocycles. The smallest absolute Gasteiger partial charge is 0.227 e. The highest BCUT2D eigenvalue weighted by Gasteiger charge is 2.16. The van der Waals surface area contributed by atoms with E-state index in [4.69, 9.17) is 16.0 Å². The van der Waals surface area contributed by atoms with Gasteiger partial charge in [-0.15, -0.1) is 0 Å². The second-order valence-corrected chi connectivity index (χ2v) is 6.82. The van der Waals surface area contributed by atoms with Gasteiger partial charge in [0.1, 0.15) is 5.52 Å². The fraction of sp³-hybridized carbons (Fsp3) is 0.278. The zero-order valence-corrected chi connectivity index (χ0v) is 13.5. The zero-order valence-electron chi connectivity index (χ0n) is 12.7. The van der Waals surface area contributed by atoms with Crippen LogP contribution in [0.3, 0.4) is 0 Å². The highest BCUT2D eigenvalue weighted by Crippen LogP contribution is 2.30. The summed E-state index contributed by atoms with van der Waals surface area (Å²) in [6.45, 7) is 8.55.